The van der Waals surface area contributed by atoms with E-state index in [-0.39, 0.29) is 11.8 Å². The van der Waals surface area contributed by atoms with Crippen molar-refractivity contribution in [3.63, 3.8) is 0 Å². The SMILES string of the molecule is CCCCCCOc1ncc(C(F)(F)F)c(N(C)c2ccccc2CCCCCC)n1. The third-order valence-electron chi connectivity index (χ3n) is 5.25. The number of nitrogens with zero attached hydrogens (tertiary/aromatic N) is 3. The normalized spacial score (nSPS) is 11.5. The minimum Gasteiger partial charge on any atom is -0.463 e. The molecular weight excluding hydrogens is 403 g/mol. The maximum absolute atomic E-state index is 13.7. The Kier molecular flexibility index (Phi) is 10.1. The van der Waals surface area contributed by atoms with Gasteiger partial charge in [-0.25, -0.2) is 4.98 Å². The molecule has 1 aromatic heterocycles. The van der Waals surface area contributed by atoms with E-state index in [9.17, 15) is 13.2 Å². The standard InChI is InChI=1S/C24H34F3N3O/c1-4-6-8-10-14-19-15-11-12-16-21(19)30(3)22-20(24(25,26)27)18-28-23(29-22)31-17-13-9-7-5-2/h11-12,15-16,18H,4-10,13-14,17H2,1-3H3. The fourth-order valence-corrected chi connectivity index (χ4v) is 3.48. The lowest BCUT2D eigenvalue weighted by atomic mass is 10.0. The second-order valence-corrected chi connectivity index (χ2v) is 7.80. The molecule has 0 aliphatic carbocycles. The molecule has 0 bridgehead atoms. The molecule has 172 valence electrons. The number of unbranched alkanes of at least 4 members (excludes halogenated alkanes) is 6. The van der Waals surface area contributed by atoms with Crippen LogP contribution in [0, 0.1) is 0 Å². The van der Waals surface area contributed by atoms with Gasteiger partial charge >= 0.3 is 12.2 Å². The van der Waals surface area contributed by atoms with Gasteiger partial charge in [-0.2, -0.15) is 18.2 Å². The average molecular weight is 438 g/mol. The number of para-hydroxylation sites is 1. The van der Waals surface area contributed by atoms with Crippen LogP contribution in [0.15, 0.2) is 30.5 Å². The van der Waals surface area contributed by atoms with Gasteiger partial charge in [0, 0.05) is 18.9 Å². The van der Waals surface area contributed by atoms with Crippen molar-refractivity contribution in [1.29, 1.82) is 0 Å². The van der Waals surface area contributed by atoms with Gasteiger partial charge in [0.25, 0.3) is 0 Å². The fourth-order valence-electron chi connectivity index (χ4n) is 3.48. The summed E-state index contributed by atoms with van der Waals surface area (Å²) < 4.78 is 46.6. The van der Waals surface area contributed by atoms with E-state index in [2.05, 4.69) is 23.8 Å². The van der Waals surface area contributed by atoms with E-state index in [0.717, 1.165) is 75.2 Å². The molecule has 0 fully saturated rings. The fraction of sp³-hybridized carbons (Fsp3) is 0.583. The lowest BCUT2D eigenvalue weighted by molar-refractivity contribution is -0.137. The number of hydrogen-bond donors (Lipinski definition) is 0. The van der Waals surface area contributed by atoms with E-state index < -0.39 is 11.7 Å². The Bertz CT molecular complexity index is 796. The van der Waals surface area contributed by atoms with Crippen molar-refractivity contribution in [3.05, 3.63) is 41.6 Å². The van der Waals surface area contributed by atoms with Crippen LogP contribution in [0.25, 0.3) is 0 Å². The first-order valence-electron chi connectivity index (χ1n) is 11.3. The molecule has 2 rings (SSSR count). The highest BCUT2D eigenvalue weighted by Gasteiger charge is 2.37. The highest BCUT2D eigenvalue weighted by Crippen LogP contribution is 2.38. The zero-order valence-electron chi connectivity index (χ0n) is 18.8. The summed E-state index contributed by atoms with van der Waals surface area (Å²) in [4.78, 5) is 9.47. The lowest BCUT2D eigenvalue weighted by Crippen LogP contribution is -2.20. The van der Waals surface area contributed by atoms with Crippen LogP contribution in [0.1, 0.15) is 76.3 Å². The quantitative estimate of drug-likeness (QED) is 0.307. The minimum atomic E-state index is -4.56. The topological polar surface area (TPSA) is 38.2 Å². The van der Waals surface area contributed by atoms with Gasteiger partial charge in [-0.1, -0.05) is 70.6 Å². The molecule has 0 saturated heterocycles. The molecule has 0 aliphatic rings. The van der Waals surface area contributed by atoms with E-state index in [1.165, 1.54) is 4.90 Å². The first kappa shape index (κ1) is 25.0. The number of alkyl halides is 3. The highest BCUT2D eigenvalue weighted by molar-refractivity contribution is 5.66. The average Bonchev–Trinajstić information content (AvgIpc) is 2.75. The molecule has 0 spiro atoms. The number of ether oxygens (including phenoxy) is 1. The second-order valence-electron chi connectivity index (χ2n) is 7.80. The number of aromatic nitrogens is 2. The summed E-state index contributed by atoms with van der Waals surface area (Å²) in [5.74, 6) is -0.188. The van der Waals surface area contributed by atoms with Gasteiger partial charge in [0.05, 0.1) is 6.61 Å². The Balaban J connectivity index is 2.26. The van der Waals surface area contributed by atoms with Crippen LogP contribution in [0.3, 0.4) is 0 Å². The molecule has 31 heavy (non-hydrogen) atoms. The monoisotopic (exact) mass is 437 g/mol. The van der Waals surface area contributed by atoms with Crippen LogP contribution >= 0.6 is 0 Å². The molecule has 2 aromatic rings. The number of rotatable bonds is 13. The van der Waals surface area contributed by atoms with Gasteiger partial charge in [-0.05, 0) is 30.9 Å². The molecule has 1 heterocycles. The predicted octanol–water partition coefficient (Wildman–Crippen LogP) is 7.35. The Morgan fingerprint density at radius 3 is 2.29 bits per heavy atom. The molecule has 0 atom stereocenters. The molecule has 0 unspecified atom stereocenters. The minimum absolute atomic E-state index is 0.0215. The molecule has 0 saturated carbocycles. The van der Waals surface area contributed by atoms with Crippen LogP contribution in [0.2, 0.25) is 0 Å². The number of benzene rings is 1. The van der Waals surface area contributed by atoms with Crippen molar-refractivity contribution in [1.82, 2.24) is 9.97 Å². The second kappa shape index (κ2) is 12.5. The highest BCUT2D eigenvalue weighted by atomic mass is 19.4. The summed E-state index contributed by atoms with van der Waals surface area (Å²) in [5.41, 5.74) is 0.862. The van der Waals surface area contributed by atoms with Crippen LogP contribution in [0.5, 0.6) is 6.01 Å². The van der Waals surface area contributed by atoms with E-state index >= 15 is 0 Å². The summed E-state index contributed by atoms with van der Waals surface area (Å²) in [6.07, 6.45) is 5.51. The predicted molar refractivity (Wildman–Crippen MR) is 119 cm³/mol. The first-order chi connectivity index (χ1) is 14.9. The van der Waals surface area contributed by atoms with Gasteiger partial charge in [0.15, 0.2) is 5.82 Å². The Labute approximate surface area is 183 Å². The number of halogens is 3. The van der Waals surface area contributed by atoms with Gasteiger partial charge in [0.1, 0.15) is 5.56 Å². The van der Waals surface area contributed by atoms with Crippen LogP contribution in [0.4, 0.5) is 24.7 Å². The van der Waals surface area contributed by atoms with E-state index in [1.54, 1.807) is 7.05 Å². The maximum Gasteiger partial charge on any atom is 0.421 e. The summed E-state index contributed by atoms with van der Waals surface area (Å²) in [6.45, 7) is 4.66. The summed E-state index contributed by atoms with van der Waals surface area (Å²) in [6, 6.07) is 7.54. The molecule has 4 nitrogen and oxygen atoms in total. The molecule has 7 heteroatoms. The number of aryl methyl sites for hydroxylation is 1. The van der Waals surface area contributed by atoms with Crippen molar-refractivity contribution in [2.75, 3.05) is 18.6 Å². The van der Waals surface area contributed by atoms with E-state index in [1.807, 2.05) is 24.3 Å². The third kappa shape index (κ3) is 7.71. The summed E-state index contributed by atoms with van der Waals surface area (Å²) in [7, 11) is 1.62. The van der Waals surface area contributed by atoms with Crippen molar-refractivity contribution >= 4 is 11.5 Å². The molecular formula is C24H34F3N3O. The van der Waals surface area contributed by atoms with Crippen molar-refractivity contribution in [3.8, 4) is 6.01 Å². The van der Waals surface area contributed by atoms with Crippen LogP contribution in [-0.2, 0) is 12.6 Å². The molecule has 0 amide bonds. The van der Waals surface area contributed by atoms with Gasteiger partial charge in [-0.15, -0.1) is 0 Å². The summed E-state index contributed by atoms with van der Waals surface area (Å²) in [5, 5.41) is 0. The van der Waals surface area contributed by atoms with E-state index in [4.69, 9.17) is 4.74 Å². The van der Waals surface area contributed by atoms with Crippen LogP contribution < -0.4 is 9.64 Å². The van der Waals surface area contributed by atoms with Crippen molar-refractivity contribution in [2.24, 2.45) is 0 Å². The zero-order valence-corrected chi connectivity index (χ0v) is 18.8. The largest absolute Gasteiger partial charge is 0.463 e. The molecule has 0 aliphatic heterocycles. The smallest absolute Gasteiger partial charge is 0.421 e. The Morgan fingerprint density at radius 2 is 1.61 bits per heavy atom. The van der Waals surface area contributed by atoms with Gasteiger partial charge in [-0.3, -0.25) is 0 Å². The molecule has 0 radical (unpaired) electrons. The molecule has 1 aromatic carbocycles. The van der Waals surface area contributed by atoms with Crippen LogP contribution in [-0.4, -0.2) is 23.6 Å². The maximum atomic E-state index is 13.7. The lowest BCUT2D eigenvalue weighted by Gasteiger charge is -2.25. The van der Waals surface area contributed by atoms with Crippen molar-refractivity contribution < 1.29 is 17.9 Å². The van der Waals surface area contributed by atoms with Gasteiger partial charge < -0.3 is 9.64 Å². The van der Waals surface area contributed by atoms with Gasteiger partial charge in [0.2, 0.25) is 0 Å². The first-order valence-corrected chi connectivity index (χ1v) is 11.3. The zero-order chi connectivity index (χ0) is 22.7. The van der Waals surface area contributed by atoms with Crippen molar-refractivity contribution in [2.45, 2.75) is 77.8 Å². The number of anilines is 2. The molecule has 0 N–H and O–H groups in total. The Hall–Kier alpha value is -2.31. The summed E-state index contributed by atoms with van der Waals surface area (Å²) >= 11 is 0. The number of hydrogen-bond acceptors (Lipinski definition) is 4. The Morgan fingerprint density at radius 1 is 0.935 bits per heavy atom. The third-order valence-corrected chi connectivity index (χ3v) is 5.25. The van der Waals surface area contributed by atoms with E-state index in [0.29, 0.717) is 6.61 Å².